The Morgan fingerprint density at radius 2 is 1.91 bits per heavy atom. The van der Waals surface area contributed by atoms with Crippen molar-refractivity contribution in [3.63, 3.8) is 0 Å². The molecular formula is C22H20Br3N3O4. The van der Waals surface area contributed by atoms with Gasteiger partial charge < -0.3 is 9.47 Å². The molecule has 0 aliphatic rings. The number of halogens is 3. The van der Waals surface area contributed by atoms with Crippen LogP contribution in [0.5, 0.6) is 5.75 Å². The molecule has 0 saturated carbocycles. The number of fused-ring (bicyclic) bond motifs is 1. The Morgan fingerprint density at radius 3 is 2.53 bits per heavy atom. The summed E-state index contributed by atoms with van der Waals surface area (Å²) in [6.07, 6.45) is 2.25. The third-order valence-corrected chi connectivity index (χ3v) is 6.19. The zero-order valence-corrected chi connectivity index (χ0v) is 22.3. The maximum absolute atomic E-state index is 13.1. The summed E-state index contributed by atoms with van der Waals surface area (Å²) in [4.78, 5) is 29.4. The van der Waals surface area contributed by atoms with E-state index in [2.05, 4.69) is 57.9 Å². The van der Waals surface area contributed by atoms with Crippen molar-refractivity contribution in [2.24, 2.45) is 5.10 Å². The van der Waals surface area contributed by atoms with Gasteiger partial charge in [-0.05, 0) is 81.1 Å². The van der Waals surface area contributed by atoms with Crippen LogP contribution in [-0.4, -0.2) is 35.1 Å². The Labute approximate surface area is 210 Å². The second-order valence-corrected chi connectivity index (χ2v) is 9.52. The number of esters is 1. The predicted molar refractivity (Wildman–Crippen MR) is 135 cm³/mol. The van der Waals surface area contributed by atoms with Gasteiger partial charge in [0.15, 0.2) is 6.10 Å². The van der Waals surface area contributed by atoms with Crippen molar-refractivity contribution < 1.29 is 14.3 Å². The SMILES string of the molecule is CCCc1nc2ccc(Br)cc2c(=O)n1N=Cc1cc(Br)c(O[C@@H](C)C(=O)OC)c(Br)c1. The molecule has 0 unspecified atom stereocenters. The highest BCUT2D eigenvalue weighted by Crippen LogP contribution is 2.35. The van der Waals surface area contributed by atoms with Crippen LogP contribution < -0.4 is 10.3 Å². The summed E-state index contributed by atoms with van der Waals surface area (Å²) in [5.41, 5.74) is 1.12. The second kappa shape index (κ2) is 10.7. The number of hydrogen-bond donors (Lipinski definition) is 0. The molecule has 3 rings (SSSR count). The molecule has 1 aromatic heterocycles. The number of methoxy groups -OCH3 is 1. The number of carbonyl (C=O) groups excluding carboxylic acids is 1. The first-order chi connectivity index (χ1) is 15.2. The number of benzene rings is 2. The molecule has 0 radical (unpaired) electrons. The van der Waals surface area contributed by atoms with Crippen LogP contribution in [-0.2, 0) is 16.0 Å². The Morgan fingerprint density at radius 1 is 1.22 bits per heavy atom. The van der Waals surface area contributed by atoms with Gasteiger partial charge in [-0.15, -0.1) is 0 Å². The quantitative estimate of drug-likeness (QED) is 0.256. The van der Waals surface area contributed by atoms with E-state index < -0.39 is 12.1 Å². The molecule has 168 valence electrons. The Balaban J connectivity index is 2.00. The van der Waals surface area contributed by atoms with Crippen molar-refractivity contribution in [3.8, 4) is 5.75 Å². The standard InChI is InChI=1S/C22H20Br3N3O4/c1-4-5-19-27-18-7-6-14(23)10-15(18)21(29)28(19)26-11-13-8-16(24)20(17(25)9-13)32-12(2)22(30)31-3/h6-12H,4-5H2,1-3H3/t12-/m0/s1. The highest BCUT2D eigenvalue weighted by Gasteiger charge is 2.19. The molecule has 0 amide bonds. The summed E-state index contributed by atoms with van der Waals surface area (Å²) in [5.74, 6) is 0.572. The van der Waals surface area contributed by atoms with Crippen molar-refractivity contribution in [2.45, 2.75) is 32.8 Å². The van der Waals surface area contributed by atoms with Crippen molar-refractivity contribution in [3.05, 3.63) is 65.5 Å². The highest BCUT2D eigenvalue weighted by molar-refractivity contribution is 9.11. The Kier molecular flexibility index (Phi) is 8.24. The van der Waals surface area contributed by atoms with Crippen molar-refractivity contribution in [1.29, 1.82) is 0 Å². The molecule has 0 aliphatic carbocycles. The molecule has 10 heteroatoms. The van der Waals surface area contributed by atoms with Crippen LogP contribution in [0.1, 0.15) is 31.7 Å². The normalized spacial score (nSPS) is 12.3. The summed E-state index contributed by atoms with van der Waals surface area (Å²) >= 11 is 10.3. The molecular weight excluding hydrogens is 610 g/mol. The first-order valence-corrected chi connectivity index (χ1v) is 12.1. The Bertz CT molecular complexity index is 1230. The van der Waals surface area contributed by atoms with Crippen molar-refractivity contribution in [1.82, 2.24) is 9.66 Å². The van der Waals surface area contributed by atoms with E-state index in [1.165, 1.54) is 11.8 Å². The van der Waals surface area contributed by atoms with Crippen LogP contribution in [0.3, 0.4) is 0 Å². The van der Waals surface area contributed by atoms with E-state index in [4.69, 9.17) is 9.47 Å². The van der Waals surface area contributed by atoms with Crippen LogP contribution in [0.2, 0.25) is 0 Å². The number of ether oxygens (including phenoxy) is 2. The molecule has 1 atom stereocenters. The number of hydrogen-bond acceptors (Lipinski definition) is 6. The molecule has 1 heterocycles. The molecule has 0 fully saturated rings. The van der Waals surface area contributed by atoms with E-state index in [-0.39, 0.29) is 5.56 Å². The molecule has 0 bridgehead atoms. The summed E-state index contributed by atoms with van der Waals surface area (Å²) in [6, 6.07) is 8.98. The molecule has 0 saturated heterocycles. The zero-order valence-electron chi connectivity index (χ0n) is 17.6. The minimum atomic E-state index is -0.773. The van der Waals surface area contributed by atoms with E-state index >= 15 is 0 Å². The zero-order chi connectivity index (χ0) is 23.4. The smallest absolute Gasteiger partial charge is 0.346 e. The summed E-state index contributed by atoms with van der Waals surface area (Å²) in [5, 5.41) is 4.92. The molecule has 3 aromatic rings. The van der Waals surface area contributed by atoms with E-state index in [1.54, 1.807) is 31.3 Å². The number of aromatic nitrogens is 2. The second-order valence-electron chi connectivity index (χ2n) is 6.90. The average Bonchev–Trinajstić information content (AvgIpc) is 2.76. The predicted octanol–water partition coefficient (Wildman–Crippen LogP) is 5.46. The van der Waals surface area contributed by atoms with E-state index in [0.29, 0.717) is 43.4 Å². The minimum Gasteiger partial charge on any atom is -0.477 e. The number of rotatable bonds is 7. The lowest BCUT2D eigenvalue weighted by Gasteiger charge is -2.15. The van der Waals surface area contributed by atoms with Gasteiger partial charge in [0.05, 0.1) is 33.2 Å². The van der Waals surface area contributed by atoms with Gasteiger partial charge in [0.1, 0.15) is 11.6 Å². The van der Waals surface area contributed by atoms with E-state index in [0.717, 1.165) is 10.9 Å². The van der Waals surface area contributed by atoms with Gasteiger partial charge in [-0.3, -0.25) is 4.79 Å². The van der Waals surface area contributed by atoms with Gasteiger partial charge in [0.25, 0.3) is 5.56 Å². The first kappa shape index (κ1) is 24.6. The topological polar surface area (TPSA) is 82.8 Å². The lowest BCUT2D eigenvalue weighted by Crippen LogP contribution is -2.25. The third kappa shape index (κ3) is 5.47. The largest absolute Gasteiger partial charge is 0.477 e. The number of aryl methyl sites for hydroxylation is 1. The molecule has 2 aromatic carbocycles. The van der Waals surface area contributed by atoms with Crippen LogP contribution in [0.4, 0.5) is 0 Å². The van der Waals surface area contributed by atoms with Gasteiger partial charge in [0.2, 0.25) is 0 Å². The van der Waals surface area contributed by atoms with Gasteiger partial charge >= 0.3 is 5.97 Å². The maximum Gasteiger partial charge on any atom is 0.346 e. The van der Waals surface area contributed by atoms with Gasteiger partial charge in [-0.25, -0.2) is 9.78 Å². The Hall–Kier alpha value is -2.04. The van der Waals surface area contributed by atoms with Crippen LogP contribution in [0.25, 0.3) is 10.9 Å². The fourth-order valence-corrected chi connectivity index (χ4v) is 4.75. The third-order valence-electron chi connectivity index (χ3n) is 4.52. The molecule has 0 aliphatic heterocycles. The fraction of sp³-hybridized carbons (Fsp3) is 0.273. The highest BCUT2D eigenvalue weighted by atomic mass is 79.9. The molecule has 32 heavy (non-hydrogen) atoms. The van der Waals surface area contributed by atoms with Crippen LogP contribution in [0, 0.1) is 0 Å². The van der Waals surface area contributed by atoms with E-state index in [1.807, 2.05) is 19.1 Å². The van der Waals surface area contributed by atoms with Crippen LogP contribution in [0.15, 0.2) is 53.6 Å². The summed E-state index contributed by atoms with van der Waals surface area (Å²) in [7, 11) is 1.31. The number of nitrogens with zero attached hydrogens (tertiary/aromatic N) is 3. The van der Waals surface area contributed by atoms with Crippen molar-refractivity contribution >= 4 is 70.9 Å². The molecule has 0 N–H and O–H groups in total. The lowest BCUT2D eigenvalue weighted by molar-refractivity contribution is -0.147. The summed E-state index contributed by atoms with van der Waals surface area (Å²) < 4.78 is 13.8. The average molecular weight is 630 g/mol. The molecule has 7 nitrogen and oxygen atoms in total. The van der Waals surface area contributed by atoms with Gasteiger partial charge in [-0.1, -0.05) is 22.9 Å². The van der Waals surface area contributed by atoms with E-state index in [9.17, 15) is 9.59 Å². The summed E-state index contributed by atoms with van der Waals surface area (Å²) in [6.45, 7) is 3.63. The van der Waals surface area contributed by atoms with Crippen molar-refractivity contribution in [2.75, 3.05) is 7.11 Å². The lowest BCUT2D eigenvalue weighted by atomic mass is 10.2. The van der Waals surface area contributed by atoms with Gasteiger partial charge in [-0.2, -0.15) is 9.78 Å². The van der Waals surface area contributed by atoms with Gasteiger partial charge in [0, 0.05) is 10.9 Å². The van der Waals surface area contributed by atoms with Crippen LogP contribution >= 0.6 is 47.8 Å². The fourth-order valence-electron chi connectivity index (χ4n) is 2.98. The first-order valence-electron chi connectivity index (χ1n) is 9.74. The molecule has 0 spiro atoms. The monoisotopic (exact) mass is 627 g/mol. The minimum absolute atomic E-state index is 0.235. The maximum atomic E-state index is 13.1. The number of carbonyl (C=O) groups is 1.